The molecule has 1 aromatic carbocycles. The number of nitrogens with zero attached hydrogens (tertiary/aromatic N) is 3. The van der Waals surface area contributed by atoms with Crippen LogP contribution in [0.5, 0.6) is 5.75 Å². The summed E-state index contributed by atoms with van der Waals surface area (Å²) in [4.78, 5) is 31.9. The van der Waals surface area contributed by atoms with Crippen LogP contribution < -0.4 is 4.74 Å². The molecular weight excluding hydrogens is 421 g/mol. The predicted octanol–water partition coefficient (Wildman–Crippen LogP) is 3.60. The van der Waals surface area contributed by atoms with E-state index in [0.717, 1.165) is 10.9 Å². The van der Waals surface area contributed by atoms with E-state index in [-0.39, 0.29) is 16.9 Å². The topological polar surface area (TPSA) is 84.7 Å². The average Bonchev–Trinajstić information content (AvgIpc) is 3.52. The van der Waals surface area contributed by atoms with Crippen molar-refractivity contribution in [3.8, 4) is 5.75 Å². The highest BCUT2D eigenvalue weighted by Gasteiger charge is 2.46. The van der Waals surface area contributed by atoms with Crippen LogP contribution in [0.15, 0.2) is 60.0 Å². The maximum absolute atomic E-state index is 14.2. The number of halogens is 1. The number of benzene rings is 1. The van der Waals surface area contributed by atoms with Crippen molar-refractivity contribution in [1.82, 2.24) is 14.5 Å². The molecular formula is C22H20FN3O4S. The molecule has 1 saturated heterocycles. The summed E-state index contributed by atoms with van der Waals surface area (Å²) in [7, 11) is 1.34. The zero-order valence-electron chi connectivity index (χ0n) is 16.7. The normalized spacial score (nSPS) is 18.0. The van der Waals surface area contributed by atoms with Gasteiger partial charge in [-0.05, 0) is 36.1 Å². The minimum absolute atomic E-state index is 0.0197. The van der Waals surface area contributed by atoms with Gasteiger partial charge >= 0.3 is 0 Å². The van der Waals surface area contributed by atoms with E-state index in [1.54, 1.807) is 12.5 Å². The molecule has 31 heavy (non-hydrogen) atoms. The number of hydrogen-bond acceptors (Lipinski definition) is 6. The Morgan fingerprint density at radius 2 is 2.13 bits per heavy atom. The standard InChI is InChI=1S/C22H20FN3O4S/c1-30-16-6-5-14(12-15(16)23)20(27)18-19(17-4-2-11-31-17)26(22(29)21(18)28)9-3-8-25-10-7-24-13-25/h2,4-7,10-13,19,27H,3,8-9H2,1H3. The summed E-state index contributed by atoms with van der Waals surface area (Å²) in [6.45, 7) is 0.947. The van der Waals surface area contributed by atoms with Gasteiger partial charge < -0.3 is 19.3 Å². The molecule has 160 valence electrons. The van der Waals surface area contributed by atoms with Crippen molar-refractivity contribution in [2.45, 2.75) is 19.0 Å². The molecule has 3 aromatic rings. The highest BCUT2D eigenvalue weighted by atomic mass is 32.1. The number of methoxy groups -OCH3 is 1. The molecule has 0 aliphatic carbocycles. The highest BCUT2D eigenvalue weighted by Crippen LogP contribution is 2.41. The van der Waals surface area contributed by atoms with E-state index in [1.165, 1.54) is 35.5 Å². The number of carbonyl (C=O) groups is 2. The maximum atomic E-state index is 14.2. The first kappa shape index (κ1) is 20.8. The van der Waals surface area contributed by atoms with E-state index in [2.05, 4.69) is 4.98 Å². The number of ether oxygens (including phenoxy) is 1. The lowest BCUT2D eigenvalue weighted by Gasteiger charge is -2.24. The van der Waals surface area contributed by atoms with E-state index in [9.17, 15) is 19.1 Å². The Morgan fingerprint density at radius 3 is 2.77 bits per heavy atom. The number of Topliss-reactive ketones (excluding diaryl/α,β-unsaturated/α-hetero) is 1. The molecule has 1 unspecified atom stereocenters. The lowest BCUT2D eigenvalue weighted by Crippen LogP contribution is -2.31. The molecule has 1 aliphatic rings. The number of likely N-dealkylation sites (tertiary alicyclic amines) is 1. The molecule has 0 bridgehead atoms. The first-order valence-electron chi connectivity index (χ1n) is 9.62. The van der Waals surface area contributed by atoms with Gasteiger partial charge in [0.05, 0.1) is 25.1 Å². The van der Waals surface area contributed by atoms with Crippen molar-refractivity contribution in [3.05, 3.63) is 76.3 Å². The Morgan fingerprint density at radius 1 is 1.29 bits per heavy atom. The number of carbonyl (C=O) groups excluding carboxylic acids is 2. The lowest BCUT2D eigenvalue weighted by atomic mass is 9.99. The monoisotopic (exact) mass is 441 g/mol. The second-order valence-electron chi connectivity index (χ2n) is 7.01. The van der Waals surface area contributed by atoms with Crippen molar-refractivity contribution >= 4 is 28.8 Å². The number of rotatable bonds is 7. The molecule has 1 N–H and O–H groups in total. The van der Waals surface area contributed by atoms with Crippen LogP contribution >= 0.6 is 11.3 Å². The molecule has 4 rings (SSSR count). The number of amides is 1. The third-order valence-corrected chi connectivity index (χ3v) is 6.08. The zero-order chi connectivity index (χ0) is 22.0. The molecule has 3 heterocycles. The number of aliphatic hydroxyl groups is 1. The summed E-state index contributed by atoms with van der Waals surface area (Å²) in [6, 6.07) is 6.81. The molecule has 1 fully saturated rings. The van der Waals surface area contributed by atoms with Gasteiger partial charge in [-0.3, -0.25) is 9.59 Å². The first-order valence-corrected chi connectivity index (χ1v) is 10.5. The smallest absolute Gasteiger partial charge is 0.295 e. The van der Waals surface area contributed by atoms with Crippen LogP contribution in [0.4, 0.5) is 4.39 Å². The van der Waals surface area contributed by atoms with Gasteiger partial charge in [-0.1, -0.05) is 6.07 Å². The third kappa shape index (κ3) is 3.96. The fourth-order valence-electron chi connectivity index (χ4n) is 3.67. The molecule has 0 radical (unpaired) electrons. The molecule has 1 aliphatic heterocycles. The fourth-order valence-corrected chi connectivity index (χ4v) is 4.51. The van der Waals surface area contributed by atoms with Gasteiger partial charge in [0.1, 0.15) is 5.76 Å². The van der Waals surface area contributed by atoms with Gasteiger partial charge in [0, 0.05) is 35.9 Å². The Hall–Kier alpha value is -3.46. The number of thiophene rings is 1. The molecule has 1 atom stereocenters. The van der Waals surface area contributed by atoms with Crippen molar-refractivity contribution < 1.29 is 23.8 Å². The second kappa shape index (κ2) is 8.73. The number of aryl methyl sites for hydroxylation is 1. The molecule has 7 nitrogen and oxygen atoms in total. The van der Waals surface area contributed by atoms with Crippen LogP contribution in [0, 0.1) is 5.82 Å². The van der Waals surface area contributed by atoms with Gasteiger partial charge in [0.15, 0.2) is 11.6 Å². The molecule has 0 saturated carbocycles. The molecule has 9 heteroatoms. The van der Waals surface area contributed by atoms with Crippen molar-refractivity contribution in [2.75, 3.05) is 13.7 Å². The van der Waals surface area contributed by atoms with E-state index >= 15 is 0 Å². The quantitative estimate of drug-likeness (QED) is 0.344. The number of ketones is 1. The minimum Gasteiger partial charge on any atom is -0.507 e. The number of aliphatic hydroxyl groups excluding tert-OH is 1. The van der Waals surface area contributed by atoms with Crippen LogP contribution in [0.25, 0.3) is 5.76 Å². The largest absolute Gasteiger partial charge is 0.507 e. The fraction of sp³-hybridized carbons (Fsp3) is 0.227. The summed E-state index contributed by atoms with van der Waals surface area (Å²) < 4.78 is 21.0. The van der Waals surface area contributed by atoms with Crippen LogP contribution in [0.3, 0.4) is 0 Å². The van der Waals surface area contributed by atoms with Crippen LogP contribution in [0.2, 0.25) is 0 Å². The maximum Gasteiger partial charge on any atom is 0.295 e. The lowest BCUT2D eigenvalue weighted by molar-refractivity contribution is -0.139. The van der Waals surface area contributed by atoms with Gasteiger partial charge in [0.2, 0.25) is 0 Å². The molecule has 0 spiro atoms. The van der Waals surface area contributed by atoms with Crippen molar-refractivity contribution in [3.63, 3.8) is 0 Å². The summed E-state index contributed by atoms with van der Waals surface area (Å²) in [6.07, 6.45) is 5.78. The Labute approximate surface area is 182 Å². The molecule has 1 amide bonds. The SMILES string of the molecule is COc1ccc(C(O)=C2C(=O)C(=O)N(CCCn3ccnc3)C2c2cccs2)cc1F. The minimum atomic E-state index is -0.783. The van der Waals surface area contributed by atoms with E-state index in [1.807, 2.05) is 28.3 Å². The average molecular weight is 441 g/mol. The summed E-state index contributed by atoms with van der Waals surface area (Å²) in [5, 5.41) is 12.8. The first-order chi connectivity index (χ1) is 15.0. The molecule has 2 aromatic heterocycles. The Bertz CT molecular complexity index is 1130. The van der Waals surface area contributed by atoms with Crippen LogP contribution in [-0.4, -0.2) is 44.9 Å². The van der Waals surface area contributed by atoms with Gasteiger partial charge in [-0.25, -0.2) is 9.37 Å². The second-order valence-corrected chi connectivity index (χ2v) is 7.99. The third-order valence-electron chi connectivity index (χ3n) is 5.15. The van der Waals surface area contributed by atoms with E-state index in [0.29, 0.717) is 19.5 Å². The van der Waals surface area contributed by atoms with Crippen LogP contribution in [-0.2, 0) is 16.1 Å². The Kier molecular flexibility index (Phi) is 5.85. The van der Waals surface area contributed by atoms with E-state index < -0.39 is 29.3 Å². The summed E-state index contributed by atoms with van der Waals surface area (Å²) >= 11 is 1.38. The summed E-state index contributed by atoms with van der Waals surface area (Å²) in [5.74, 6) is -2.52. The van der Waals surface area contributed by atoms with Gasteiger partial charge in [-0.2, -0.15) is 0 Å². The van der Waals surface area contributed by atoms with Crippen molar-refractivity contribution in [2.24, 2.45) is 0 Å². The van der Waals surface area contributed by atoms with Gasteiger partial charge in [0.25, 0.3) is 11.7 Å². The van der Waals surface area contributed by atoms with E-state index in [4.69, 9.17) is 4.74 Å². The van der Waals surface area contributed by atoms with Crippen molar-refractivity contribution in [1.29, 1.82) is 0 Å². The van der Waals surface area contributed by atoms with Gasteiger partial charge in [-0.15, -0.1) is 11.3 Å². The zero-order valence-corrected chi connectivity index (χ0v) is 17.5. The highest BCUT2D eigenvalue weighted by molar-refractivity contribution is 7.10. The number of hydrogen-bond donors (Lipinski definition) is 1. The number of imidazole rings is 1. The number of aromatic nitrogens is 2. The summed E-state index contributed by atoms with van der Waals surface area (Å²) in [5.41, 5.74) is 0.0657. The predicted molar refractivity (Wildman–Crippen MR) is 113 cm³/mol. The van der Waals surface area contributed by atoms with Crippen LogP contribution in [0.1, 0.15) is 22.9 Å². The Balaban J connectivity index is 1.70.